The van der Waals surface area contributed by atoms with Crippen LogP contribution >= 0.6 is 22.7 Å². The summed E-state index contributed by atoms with van der Waals surface area (Å²) in [5.41, 5.74) is 2.06. The van der Waals surface area contributed by atoms with Gasteiger partial charge in [0, 0.05) is 5.38 Å². The molecule has 0 bridgehead atoms. The number of rotatable bonds is 2. The van der Waals surface area contributed by atoms with E-state index in [2.05, 4.69) is 27.4 Å². The number of thiophene rings is 1. The summed E-state index contributed by atoms with van der Waals surface area (Å²) in [6.07, 6.45) is 0. The Kier molecular flexibility index (Phi) is 3.82. The number of aromatic nitrogens is 2. The van der Waals surface area contributed by atoms with Crippen molar-refractivity contribution in [2.24, 2.45) is 0 Å². The lowest BCUT2D eigenvalue weighted by atomic mass is 10.3. The van der Waals surface area contributed by atoms with Crippen LogP contribution in [0, 0.1) is 11.8 Å². The highest BCUT2D eigenvalue weighted by Gasteiger charge is 2.09. The van der Waals surface area contributed by atoms with Crippen molar-refractivity contribution >= 4 is 33.7 Å². The molecule has 0 aliphatic carbocycles. The van der Waals surface area contributed by atoms with Crippen LogP contribution < -0.4 is 5.32 Å². The van der Waals surface area contributed by atoms with Crippen molar-refractivity contribution in [3.8, 4) is 11.8 Å². The van der Waals surface area contributed by atoms with Crippen LogP contribution in [0.4, 0.5) is 5.13 Å². The molecular formula is C10H7N3O2S2. The number of amides is 1. The number of hydrogen-bond acceptors (Lipinski definition) is 6. The number of carbonyl (C=O) groups excluding carboxylic acids is 1. The lowest BCUT2D eigenvalue weighted by Gasteiger charge is -1.96. The van der Waals surface area contributed by atoms with Crippen LogP contribution in [-0.4, -0.2) is 27.8 Å². The third-order valence-corrected chi connectivity index (χ3v) is 3.19. The van der Waals surface area contributed by atoms with E-state index in [0.29, 0.717) is 10.7 Å². The first-order chi connectivity index (χ1) is 8.29. The van der Waals surface area contributed by atoms with Crippen LogP contribution in [-0.2, 0) is 0 Å². The summed E-state index contributed by atoms with van der Waals surface area (Å²) in [6, 6.07) is 1.67. The quantitative estimate of drug-likeness (QED) is 0.800. The van der Waals surface area contributed by atoms with Crippen molar-refractivity contribution in [1.29, 1.82) is 0 Å². The van der Waals surface area contributed by atoms with Gasteiger partial charge in [-0.1, -0.05) is 23.2 Å². The van der Waals surface area contributed by atoms with E-state index in [9.17, 15) is 4.79 Å². The van der Waals surface area contributed by atoms with E-state index in [1.54, 1.807) is 17.0 Å². The van der Waals surface area contributed by atoms with Gasteiger partial charge in [-0.2, -0.15) is 0 Å². The summed E-state index contributed by atoms with van der Waals surface area (Å²) in [7, 11) is 0. The first-order valence-electron chi connectivity index (χ1n) is 4.55. The van der Waals surface area contributed by atoms with Gasteiger partial charge >= 0.3 is 0 Å². The molecule has 86 valence electrons. The molecule has 17 heavy (non-hydrogen) atoms. The van der Waals surface area contributed by atoms with Gasteiger partial charge in [-0.15, -0.1) is 21.5 Å². The molecule has 5 nitrogen and oxygen atoms in total. The maximum Gasteiger partial charge on any atom is 0.258 e. The number of nitrogens with zero attached hydrogens (tertiary/aromatic N) is 2. The van der Waals surface area contributed by atoms with Crippen LogP contribution in [0.15, 0.2) is 17.0 Å². The van der Waals surface area contributed by atoms with E-state index in [1.807, 2.05) is 0 Å². The average molecular weight is 265 g/mol. The molecule has 0 unspecified atom stereocenters. The van der Waals surface area contributed by atoms with Crippen molar-refractivity contribution < 1.29 is 9.90 Å². The minimum Gasteiger partial charge on any atom is -0.384 e. The summed E-state index contributed by atoms with van der Waals surface area (Å²) in [6.45, 7) is -0.190. The molecule has 2 heterocycles. The molecule has 0 saturated carbocycles. The molecule has 0 aromatic carbocycles. The van der Waals surface area contributed by atoms with Gasteiger partial charge in [0.15, 0.2) is 0 Å². The highest BCUT2D eigenvalue weighted by atomic mass is 32.1. The van der Waals surface area contributed by atoms with E-state index in [-0.39, 0.29) is 12.5 Å². The molecule has 0 spiro atoms. The van der Waals surface area contributed by atoms with Crippen LogP contribution in [0.3, 0.4) is 0 Å². The summed E-state index contributed by atoms with van der Waals surface area (Å²) in [5.74, 6) is 5.03. The second-order valence-corrected chi connectivity index (χ2v) is 4.60. The van der Waals surface area contributed by atoms with E-state index in [4.69, 9.17) is 5.11 Å². The number of aliphatic hydroxyl groups excluding tert-OH is 1. The Morgan fingerprint density at radius 1 is 1.53 bits per heavy atom. The molecule has 0 fully saturated rings. The third-order valence-electron chi connectivity index (χ3n) is 1.73. The molecule has 2 aromatic heterocycles. The largest absolute Gasteiger partial charge is 0.384 e. The second-order valence-electron chi connectivity index (χ2n) is 2.86. The summed E-state index contributed by atoms with van der Waals surface area (Å²) in [5, 5.41) is 20.7. The van der Waals surface area contributed by atoms with E-state index in [1.165, 1.54) is 22.7 Å². The topological polar surface area (TPSA) is 75.1 Å². The van der Waals surface area contributed by atoms with Crippen LogP contribution in [0.5, 0.6) is 0 Å². The van der Waals surface area contributed by atoms with Gasteiger partial charge in [-0.25, -0.2) is 0 Å². The van der Waals surface area contributed by atoms with Gasteiger partial charge in [-0.05, 0) is 6.07 Å². The zero-order valence-corrected chi connectivity index (χ0v) is 10.1. The monoisotopic (exact) mass is 265 g/mol. The summed E-state index contributed by atoms with van der Waals surface area (Å²) in [4.78, 5) is 12.5. The Hall–Kier alpha value is -1.75. The van der Waals surface area contributed by atoms with Gasteiger partial charge in [0.05, 0.1) is 10.4 Å². The molecule has 2 N–H and O–H groups in total. The Balaban J connectivity index is 2.07. The highest BCUT2D eigenvalue weighted by Crippen LogP contribution is 2.16. The molecule has 0 radical (unpaired) electrons. The van der Waals surface area contributed by atoms with Gasteiger partial charge in [-0.3, -0.25) is 10.1 Å². The molecule has 7 heteroatoms. The minimum atomic E-state index is -0.241. The van der Waals surface area contributed by atoms with Crippen molar-refractivity contribution in [2.45, 2.75) is 0 Å². The van der Waals surface area contributed by atoms with Crippen molar-refractivity contribution in [3.63, 3.8) is 0 Å². The maximum atomic E-state index is 11.7. The Bertz CT molecular complexity index is 566. The van der Waals surface area contributed by atoms with E-state index in [0.717, 1.165) is 4.88 Å². The lowest BCUT2D eigenvalue weighted by molar-refractivity contribution is 0.102. The van der Waals surface area contributed by atoms with Crippen LogP contribution in [0.25, 0.3) is 0 Å². The minimum absolute atomic E-state index is 0.190. The molecule has 2 aromatic rings. The van der Waals surface area contributed by atoms with Gasteiger partial charge < -0.3 is 5.11 Å². The second kappa shape index (κ2) is 5.54. The number of carbonyl (C=O) groups is 1. The average Bonchev–Trinajstić information content (AvgIpc) is 2.96. The third kappa shape index (κ3) is 3.10. The molecule has 0 saturated heterocycles. The van der Waals surface area contributed by atoms with Gasteiger partial charge in [0.1, 0.15) is 12.1 Å². The van der Waals surface area contributed by atoms with Gasteiger partial charge in [0.25, 0.3) is 5.91 Å². The van der Waals surface area contributed by atoms with Crippen molar-refractivity contribution in [1.82, 2.24) is 10.2 Å². The fourth-order valence-electron chi connectivity index (χ4n) is 1.04. The summed E-state index contributed by atoms with van der Waals surface area (Å²) < 4.78 is 0. The predicted octanol–water partition coefficient (Wildman–Crippen LogP) is 1.20. The molecule has 0 atom stereocenters. The fourth-order valence-corrected chi connectivity index (χ4v) is 2.24. The van der Waals surface area contributed by atoms with Crippen LogP contribution in [0.2, 0.25) is 0 Å². The normalized spacial score (nSPS) is 9.47. The van der Waals surface area contributed by atoms with Gasteiger partial charge in [0.2, 0.25) is 5.13 Å². The van der Waals surface area contributed by atoms with Crippen molar-refractivity contribution in [2.75, 3.05) is 11.9 Å². The Labute approximate surface area is 105 Å². The first kappa shape index (κ1) is 11.7. The van der Waals surface area contributed by atoms with Crippen LogP contribution in [0.1, 0.15) is 15.2 Å². The lowest BCUT2D eigenvalue weighted by Crippen LogP contribution is -2.10. The number of hydrogen-bond donors (Lipinski definition) is 2. The molecule has 0 aliphatic heterocycles. The fraction of sp³-hybridized carbons (Fsp3) is 0.100. The smallest absolute Gasteiger partial charge is 0.258 e. The SMILES string of the molecule is O=C(Nc1nncs1)c1csc(C#CCO)c1. The zero-order valence-electron chi connectivity index (χ0n) is 8.51. The van der Waals surface area contributed by atoms with E-state index >= 15 is 0 Å². The number of nitrogens with one attached hydrogen (secondary N) is 1. The number of anilines is 1. The Morgan fingerprint density at radius 2 is 2.41 bits per heavy atom. The zero-order chi connectivity index (χ0) is 12.1. The molecule has 0 aliphatic rings. The number of aliphatic hydroxyl groups is 1. The molecule has 1 amide bonds. The summed E-state index contributed by atoms with van der Waals surface area (Å²) >= 11 is 2.61. The standard InChI is InChI=1S/C10H7N3O2S2/c14-3-1-2-8-4-7(5-16-8)9(15)12-10-13-11-6-17-10/h4-6,14H,3H2,(H,12,13,15). The molecular weight excluding hydrogens is 258 g/mol. The predicted molar refractivity (Wildman–Crippen MR) is 66.1 cm³/mol. The first-order valence-corrected chi connectivity index (χ1v) is 6.31. The highest BCUT2D eigenvalue weighted by molar-refractivity contribution is 7.13. The Morgan fingerprint density at radius 3 is 3.12 bits per heavy atom. The maximum absolute atomic E-state index is 11.7. The van der Waals surface area contributed by atoms with E-state index < -0.39 is 0 Å². The molecule has 2 rings (SSSR count). The van der Waals surface area contributed by atoms with Crippen molar-refractivity contribution in [3.05, 3.63) is 27.4 Å².